The number of nitrogens with zero attached hydrogens (tertiary/aromatic N) is 1. The molecule has 2 aromatic carbocycles. The Kier molecular flexibility index (Phi) is 8.98. The van der Waals surface area contributed by atoms with Gasteiger partial charge in [-0.05, 0) is 31.5 Å². The third-order valence-electron chi connectivity index (χ3n) is 4.55. The van der Waals surface area contributed by atoms with Crippen molar-refractivity contribution in [3.05, 3.63) is 71.5 Å². The summed E-state index contributed by atoms with van der Waals surface area (Å²) in [5.74, 6) is 1.55. The van der Waals surface area contributed by atoms with E-state index in [1.54, 1.807) is 19.2 Å². The van der Waals surface area contributed by atoms with Gasteiger partial charge in [0.1, 0.15) is 11.3 Å². The summed E-state index contributed by atoms with van der Waals surface area (Å²) >= 11 is 0. The molecule has 3 rings (SSSR count). The summed E-state index contributed by atoms with van der Waals surface area (Å²) in [7, 11) is 1.73. The van der Waals surface area contributed by atoms with E-state index in [1.165, 1.54) is 0 Å². The molecular formula is C22H27IN4O2. The van der Waals surface area contributed by atoms with Crippen molar-refractivity contribution in [2.24, 2.45) is 4.99 Å². The van der Waals surface area contributed by atoms with Gasteiger partial charge in [-0.3, -0.25) is 9.79 Å². The van der Waals surface area contributed by atoms with Crippen molar-refractivity contribution < 1.29 is 9.21 Å². The zero-order chi connectivity index (χ0) is 19.8. The summed E-state index contributed by atoms with van der Waals surface area (Å²) < 4.78 is 5.91. The molecule has 0 aliphatic rings. The van der Waals surface area contributed by atoms with E-state index in [0.29, 0.717) is 31.2 Å². The van der Waals surface area contributed by atoms with Crippen LogP contribution in [0.1, 0.15) is 28.1 Å². The van der Waals surface area contributed by atoms with Crippen molar-refractivity contribution in [3.8, 4) is 0 Å². The number of hydrogen-bond acceptors (Lipinski definition) is 3. The molecule has 0 fully saturated rings. The summed E-state index contributed by atoms with van der Waals surface area (Å²) in [5, 5.41) is 10.6. The van der Waals surface area contributed by atoms with E-state index in [1.807, 2.05) is 36.4 Å². The number of aryl methyl sites for hydroxylation is 1. The molecule has 3 N–H and O–H groups in total. The van der Waals surface area contributed by atoms with Crippen LogP contribution in [0.5, 0.6) is 0 Å². The second-order valence-electron chi connectivity index (χ2n) is 6.47. The number of nitrogens with one attached hydrogen (secondary N) is 3. The maximum absolute atomic E-state index is 12.0. The molecule has 0 unspecified atom stereocenters. The molecule has 154 valence electrons. The highest BCUT2D eigenvalue weighted by Gasteiger charge is 2.10. The Bertz CT molecular complexity index is 954. The minimum atomic E-state index is -0.0523. The Labute approximate surface area is 188 Å². The van der Waals surface area contributed by atoms with Crippen LogP contribution in [-0.2, 0) is 6.54 Å². The van der Waals surface area contributed by atoms with E-state index in [0.717, 1.165) is 28.7 Å². The maximum Gasteiger partial charge on any atom is 0.251 e. The molecule has 0 saturated carbocycles. The first kappa shape index (κ1) is 22.7. The van der Waals surface area contributed by atoms with E-state index >= 15 is 0 Å². The van der Waals surface area contributed by atoms with Crippen molar-refractivity contribution in [1.29, 1.82) is 0 Å². The normalized spacial score (nSPS) is 11.0. The number of aliphatic imine (C=N–C) groups is 1. The Morgan fingerprint density at radius 1 is 0.966 bits per heavy atom. The smallest absolute Gasteiger partial charge is 0.251 e. The summed E-state index contributed by atoms with van der Waals surface area (Å²) in [4.78, 5) is 16.2. The summed E-state index contributed by atoms with van der Waals surface area (Å²) in [6.07, 6.45) is 0.795. The molecule has 1 aromatic heterocycles. The third-order valence-corrected chi connectivity index (χ3v) is 4.55. The summed E-state index contributed by atoms with van der Waals surface area (Å²) in [6.45, 7) is 3.92. The van der Waals surface area contributed by atoms with Crippen LogP contribution in [-0.4, -0.2) is 32.0 Å². The van der Waals surface area contributed by atoms with Crippen LogP contribution in [0.2, 0.25) is 0 Å². The molecule has 29 heavy (non-hydrogen) atoms. The molecule has 0 radical (unpaired) electrons. The van der Waals surface area contributed by atoms with Crippen LogP contribution in [0.3, 0.4) is 0 Å². The van der Waals surface area contributed by atoms with E-state index in [9.17, 15) is 4.79 Å². The SMILES string of the molecule is CN=C(NCCCNC(=O)c1ccccc1)NCc1oc2ccccc2c1C.I. The zero-order valence-corrected chi connectivity index (χ0v) is 19.0. The molecule has 0 spiro atoms. The first-order chi connectivity index (χ1) is 13.7. The van der Waals surface area contributed by atoms with Gasteiger partial charge in [-0.25, -0.2) is 0 Å². The molecule has 3 aromatic rings. The van der Waals surface area contributed by atoms with Gasteiger partial charge in [0.2, 0.25) is 0 Å². The van der Waals surface area contributed by atoms with Gasteiger partial charge < -0.3 is 20.4 Å². The first-order valence-electron chi connectivity index (χ1n) is 9.44. The monoisotopic (exact) mass is 506 g/mol. The van der Waals surface area contributed by atoms with Crippen molar-refractivity contribution in [2.75, 3.05) is 20.1 Å². The minimum Gasteiger partial charge on any atom is -0.459 e. The molecule has 0 bridgehead atoms. The number of guanidine groups is 1. The lowest BCUT2D eigenvalue weighted by Gasteiger charge is -2.11. The van der Waals surface area contributed by atoms with Crippen LogP contribution in [0.15, 0.2) is 64.0 Å². The van der Waals surface area contributed by atoms with Crippen molar-refractivity contribution in [1.82, 2.24) is 16.0 Å². The Morgan fingerprint density at radius 2 is 1.66 bits per heavy atom. The molecule has 0 aliphatic heterocycles. The van der Waals surface area contributed by atoms with Gasteiger partial charge in [0.15, 0.2) is 5.96 Å². The second-order valence-corrected chi connectivity index (χ2v) is 6.47. The zero-order valence-electron chi connectivity index (χ0n) is 16.7. The number of para-hydroxylation sites is 1. The molecule has 0 saturated heterocycles. The fourth-order valence-corrected chi connectivity index (χ4v) is 2.97. The number of benzene rings is 2. The molecule has 0 aliphatic carbocycles. The van der Waals surface area contributed by atoms with E-state index in [2.05, 4.69) is 33.9 Å². The minimum absolute atomic E-state index is 0. The highest BCUT2D eigenvalue weighted by Crippen LogP contribution is 2.24. The highest BCUT2D eigenvalue weighted by atomic mass is 127. The number of furan rings is 1. The van der Waals surface area contributed by atoms with Crippen LogP contribution >= 0.6 is 24.0 Å². The first-order valence-corrected chi connectivity index (χ1v) is 9.44. The second kappa shape index (κ2) is 11.5. The predicted octanol–water partition coefficient (Wildman–Crippen LogP) is 3.84. The molecule has 0 atom stereocenters. The van der Waals surface area contributed by atoms with Crippen LogP contribution < -0.4 is 16.0 Å². The van der Waals surface area contributed by atoms with E-state index < -0.39 is 0 Å². The number of halogens is 1. The topological polar surface area (TPSA) is 78.7 Å². The predicted molar refractivity (Wildman–Crippen MR) is 128 cm³/mol. The number of rotatable bonds is 7. The fraction of sp³-hybridized carbons (Fsp3) is 0.273. The van der Waals surface area contributed by atoms with Crippen molar-refractivity contribution in [2.45, 2.75) is 19.9 Å². The Balaban J connectivity index is 0.00000300. The molecule has 1 heterocycles. The average molecular weight is 506 g/mol. The largest absolute Gasteiger partial charge is 0.459 e. The lowest BCUT2D eigenvalue weighted by Crippen LogP contribution is -2.38. The van der Waals surface area contributed by atoms with Gasteiger partial charge >= 0.3 is 0 Å². The molecular weight excluding hydrogens is 479 g/mol. The van der Waals surface area contributed by atoms with E-state index in [4.69, 9.17) is 4.42 Å². The molecule has 7 heteroatoms. The fourth-order valence-electron chi connectivity index (χ4n) is 2.97. The summed E-state index contributed by atoms with van der Waals surface area (Å²) in [6, 6.07) is 17.2. The average Bonchev–Trinajstić information content (AvgIpc) is 3.06. The number of hydrogen-bond donors (Lipinski definition) is 3. The number of carbonyl (C=O) groups is 1. The van der Waals surface area contributed by atoms with Crippen LogP contribution in [0, 0.1) is 6.92 Å². The van der Waals surface area contributed by atoms with Crippen LogP contribution in [0.25, 0.3) is 11.0 Å². The standard InChI is InChI=1S/C22H26N4O2.HI/c1-16-18-11-6-7-12-19(18)28-20(16)15-26-22(23-2)25-14-8-13-24-21(27)17-9-4-3-5-10-17;/h3-7,9-12H,8,13-15H2,1-2H3,(H,24,27)(H2,23,25,26);1H. The molecule has 6 nitrogen and oxygen atoms in total. The number of carbonyl (C=O) groups excluding carboxylic acids is 1. The van der Waals surface area contributed by atoms with Crippen molar-refractivity contribution in [3.63, 3.8) is 0 Å². The van der Waals surface area contributed by atoms with Crippen LogP contribution in [0.4, 0.5) is 0 Å². The number of fused-ring (bicyclic) bond motifs is 1. The Morgan fingerprint density at radius 3 is 2.38 bits per heavy atom. The quantitative estimate of drug-likeness (QED) is 0.197. The van der Waals surface area contributed by atoms with Gasteiger partial charge in [0.25, 0.3) is 5.91 Å². The summed E-state index contributed by atoms with van der Waals surface area (Å²) in [5.41, 5.74) is 2.71. The van der Waals surface area contributed by atoms with Gasteiger partial charge in [-0.1, -0.05) is 36.4 Å². The van der Waals surface area contributed by atoms with Gasteiger partial charge in [-0.2, -0.15) is 0 Å². The lowest BCUT2D eigenvalue weighted by molar-refractivity contribution is 0.0953. The number of amides is 1. The van der Waals surface area contributed by atoms with E-state index in [-0.39, 0.29) is 29.9 Å². The lowest BCUT2D eigenvalue weighted by atomic mass is 10.1. The van der Waals surface area contributed by atoms with Gasteiger partial charge in [0.05, 0.1) is 6.54 Å². The van der Waals surface area contributed by atoms with Gasteiger partial charge in [0, 0.05) is 36.7 Å². The highest BCUT2D eigenvalue weighted by molar-refractivity contribution is 14.0. The Hall–Kier alpha value is -2.55. The van der Waals surface area contributed by atoms with Crippen molar-refractivity contribution >= 4 is 46.8 Å². The molecule has 1 amide bonds. The maximum atomic E-state index is 12.0. The third kappa shape index (κ3) is 6.22. The van der Waals surface area contributed by atoms with Gasteiger partial charge in [-0.15, -0.1) is 24.0 Å².